The molecule has 0 unspecified atom stereocenters. The smallest absolute Gasteiger partial charge is 0.346 e. The summed E-state index contributed by atoms with van der Waals surface area (Å²) < 4.78 is 13.3. The van der Waals surface area contributed by atoms with Crippen LogP contribution in [0.3, 0.4) is 0 Å². The Bertz CT molecular complexity index is 1590. The molecule has 0 aliphatic carbocycles. The zero-order chi connectivity index (χ0) is 21.0. The van der Waals surface area contributed by atoms with Crippen molar-refractivity contribution in [1.29, 1.82) is 0 Å². The van der Waals surface area contributed by atoms with Gasteiger partial charge in [0.15, 0.2) is 5.58 Å². The lowest BCUT2D eigenvalue weighted by Gasteiger charge is -2.03. The molecule has 0 bridgehead atoms. The van der Waals surface area contributed by atoms with E-state index in [1.807, 2.05) is 24.3 Å². The normalized spacial score (nSPS) is 11.4. The first kappa shape index (κ1) is 19.9. The predicted octanol–water partition coefficient (Wildman–Crippen LogP) is 6.98. The van der Waals surface area contributed by atoms with Crippen molar-refractivity contribution in [3.05, 3.63) is 82.1 Å². The molecule has 0 aliphatic rings. The number of hydrogen-bond acceptors (Lipinski definition) is 6. The van der Waals surface area contributed by atoms with Crippen molar-refractivity contribution < 1.29 is 8.83 Å². The molecule has 9 heteroatoms. The highest BCUT2D eigenvalue weighted by Crippen LogP contribution is 2.32. The van der Waals surface area contributed by atoms with E-state index in [0.29, 0.717) is 37.5 Å². The van der Waals surface area contributed by atoms with Crippen LogP contribution in [0.15, 0.2) is 79.7 Å². The van der Waals surface area contributed by atoms with Gasteiger partial charge in [-0.3, -0.25) is 0 Å². The fraction of sp³-hybridized carbons (Fsp3) is 0. The summed E-state index contributed by atoms with van der Waals surface area (Å²) >= 11 is 11.5. The number of thiazole rings is 1. The summed E-state index contributed by atoms with van der Waals surface area (Å²) in [5, 5.41) is 3.71. The van der Waals surface area contributed by atoms with Crippen LogP contribution in [0, 0.1) is 0 Å². The summed E-state index contributed by atoms with van der Waals surface area (Å²) in [6, 6.07) is 12.5. The first-order valence-corrected chi connectivity index (χ1v) is 11.8. The monoisotopic (exact) mass is 607 g/mol. The van der Waals surface area contributed by atoms with Gasteiger partial charge in [-0.15, -0.1) is 11.3 Å². The van der Waals surface area contributed by atoms with E-state index in [2.05, 4.69) is 52.8 Å². The Morgan fingerprint density at radius 3 is 2.37 bits per heavy atom. The highest BCUT2D eigenvalue weighted by molar-refractivity contribution is 9.11. The van der Waals surface area contributed by atoms with Gasteiger partial charge in [0.05, 0.1) is 21.3 Å². The second-order valence-corrected chi connectivity index (χ2v) is 9.96. The fourth-order valence-corrected chi connectivity index (χ4v) is 5.64. The molecule has 0 N–H and O–H groups in total. The number of aromatic nitrogens is 1. The molecule has 3 aromatic heterocycles. The van der Waals surface area contributed by atoms with Gasteiger partial charge >= 0.3 is 11.3 Å². The summed E-state index contributed by atoms with van der Waals surface area (Å²) in [6.45, 7) is 0. The molecule has 0 spiro atoms. The Morgan fingerprint density at radius 2 is 1.53 bits per heavy atom. The lowest BCUT2D eigenvalue weighted by Crippen LogP contribution is -2.04. The molecule has 148 valence electrons. The first-order valence-electron chi connectivity index (χ1n) is 8.51. The maximum atomic E-state index is 12.6. The molecule has 3 heterocycles. The summed E-state index contributed by atoms with van der Waals surface area (Å²) in [5.74, 6) is 0. The summed E-state index contributed by atoms with van der Waals surface area (Å²) in [7, 11) is 0. The number of fused-ring (bicyclic) bond motifs is 2. The largest absolute Gasteiger partial charge is 0.422 e. The molecule has 2 aromatic carbocycles. The van der Waals surface area contributed by atoms with Gasteiger partial charge in [-0.25, -0.2) is 14.6 Å². The van der Waals surface area contributed by atoms with Gasteiger partial charge in [0, 0.05) is 25.1 Å². The van der Waals surface area contributed by atoms with Gasteiger partial charge in [0.1, 0.15) is 10.6 Å². The van der Waals surface area contributed by atoms with Crippen LogP contribution >= 0.6 is 59.1 Å². The summed E-state index contributed by atoms with van der Waals surface area (Å²) in [4.78, 5) is 29.6. The van der Waals surface area contributed by atoms with Crippen LogP contribution in [0.4, 0.5) is 0 Å². The second-order valence-electron chi connectivity index (χ2n) is 6.42. The number of halogens is 3. The fourth-order valence-electron chi connectivity index (χ4n) is 3.10. The molecule has 0 atom stereocenters. The van der Waals surface area contributed by atoms with Crippen LogP contribution in [0.25, 0.3) is 43.8 Å². The molecular weight excluding hydrogens is 602 g/mol. The van der Waals surface area contributed by atoms with Crippen LogP contribution < -0.4 is 11.3 Å². The van der Waals surface area contributed by atoms with Gasteiger partial charge in [-0.1, -0.05) is 31.9 Å². The van der Waals surface area contributed by atoms with Crippen molar-refractivity contribution in [2.24, 2.45) is 0 Å². The summed E-state index contributed by atoms with van der Waals surface area (Å²) in [6.07, 6.45) is 0. The van der Waals surface area contributed by atoms with Crippen molar-refractivity contribution in [1.82, 2.24) is 4.98 Å². The third-order valence-electron chi connectivity index (χ3n) is 4.46. The molecule has 0 saturated carbocycles. The van der Waals surface area contributed by atoms with E-state index in [4.69, 9.17) is 8.83 Å². The Labute approximate surface area is 197 Å². The van der Waals surface area contributed by atoms with E-state index >= 15 is 0 Å². The van der Waals surface area contributed by atoms with Crippen molar-refractivity contribution in [2.75, 3.05) is 0 Å². The minimum absolute atomic E-state index is 0.330. The molecule has 5 aromatic rings. The van der Waals surface area contributed by atoms with Gasteiger partial charge in [0.2, 0.25) is 0 Å². The van der Waals surface area contributed by atoms with Crippen molar-refractivity contribution >= 4 is 81.1 Å². The average molecular weight is 610 g/mol. The van der Waals surface area contributed by atoms with Crippen molar-refractivity contribution in [2.45, 2.75) is 0 Å². The van der Waals surface area contributed by atoms with Crippen LogP contribution in [0.2, 0.25) is 0 Å². The topological polar surface area (TPSA) is 73.3 Å². The molecule has 0 radical (unpaired) electrons. The van der Waals surface area contributed by atoms with Crippen LogP contribution in [0.1, 0.15) is 0 Å². The predicted molar refractivity (Wildman–Crippen MR) is 128 cm³/mol. The summed E-state index contributed by atoms with van der Waals surface area (Å²) in [5.41, 5.74) is 1.08. The maximum absolute atomic E-state index is 12.6. The van der Waals surface area contributed by atoms with Crippen molar-refractivity contribution in [3.8, 4) is 21.8 Å². The number of rotatable bonds is 2. The molecule has 5 rings (SSSR count). The Hall–Kier alpha value is -2.07. The lowest BCUT2D eigenvalue weighted by atomic mass is 10.1. The van der Waals surface area contributed by atoms with E-state index < -0.39 is 11.3 Å². The van der Waals surface area contributed by atoms with Crippen LogP contribution in [-0.2, 0) is 0 Å². The highest BCUT2D eigenvalue weighted by Gasteiger charge is 2.17. The second kappa shape index (κ2) is 7.56. The Balaban J connectivity index is 1.65. The van der Waals surface area contributed by atoms with E-state index in [-0.39, 0.29) is 0 Å². The molecular formula is C21H8Br3NO4S. The van der Waals surface area contributed by atoms with Gasteiger partial charge in [-0.05, 0) is 58.4 Å². The zero-order valence-electron chi connectivity index (χ0n) is 14.7. The Morgan fingerprint density at radius 1 is 0.800 bits per heavy atom. The standard InChI is InChI=1S/C21H8Br3NO4S/c22-11-1-2-17-9(3-11)5-13(20(26)28-17)16-8-30-19(25-16)14-6-10-4-12(23)7-15(24)18(10)29-21(14)27/h1-8H. The number of nitrogens with zero attached hydrogens (tertiary/aromatic N) is 1. The lowest BCUT2D eigenvalue weighted by molar-refractivity contribution is 0.561. The van der Waals surface area contributed by atoms with E-state index in [1.54, 1.807) is 23.6 Å². The van der Waals surface area contributed by atoms with Crippen molar-refractivity contribution in [3.63, 3.8) is 0 Å². The van der Waals surface area contributed by atoms with Gasteiger partial charge in [-0.2, -0.15) is 0 Å². The quantitative estimate of drug-likeness (QED) is 0.202. The van der Waals surface area contributed by atoms with E-state index in [1.165, 1.54) is 11.3 Å². The van der Waals surface area contributed by atoms with E-state index in [9.17, 15) is 9.59 Å². The Kier molecular flexibility index (Phi) is 5.01. The minimum Gasteiger partial charge on any atom is -0.422 e. The molecule has 0 fully saturated rings. The first-order chi connectivity index (χ1) is 14.4. The molecule has 0 amide bonds. The van der Waals surface area contributed by atoms with E-state index in [0.717, 1.165) is 19.7 Å². The third kappa shape index (κ3) is 3.49. The molecule has 0 aliphatic heterocycles. The highest BCUT2D eigenvalue weighted by atomic mass is 79.9. The molecule has 0 saturated heterocycles. The zero-order valence-corrected chi connectivity index (χ0v) is 20.3. The third-order valence-corrected chi connectivity index (χ3v) is 6.87. The molecule has 5 nitrogen and oxygen atoms in total. The molecule has 30 heavy (non-hydrogen) atoms. The van der Waals surface area contributed by atoms with Gasteiger partial charge in [0.25, 0.3) is 0 Å². The van der Waals surface area contributed by atoms with Crippen LogP contribution in [0.5, 0.6) is 0 Å². The number of hydrogen-bond donors (Lipinski definition) is 0. The maximum Gasteiger partial charge on any atom is 0.346 e. The van der Waals surface area contributed by atoms with Gasteiger partial charge < -0.3 is 8.83 Å². The SMILES string of the molecule is O=c1oc2ccc(Br)cc2cc1-c1csc(-c2cc3cc(Br)cc(Br)c3oc2=O)n1. The minimum atomic E-state index is -0.499. The number of benzene rings is 2. The average Bonchev–Trinajstić information content (AvgIpc) is 3.17. The van der Waals surface area contributed by atoms with Crippen LogP contribution in [-0.4, -0.2) is 4.98 Å².